The van der Waals surface area contributed by atoms with Crippen molar-refractivity contribution in [2.45, 2.75) is 47.1 Å². The minimum Gasteiger partial charge on any atom is -0.378 e. The minimum absolute atomic E-state index is 0.0559. The molecular weight excluding hydrogens is 314 g/mol. The number of carbonyl (C=O) groups is 2. The van der Waals surface area contributed by atoms with E-state index in [1.54, 1.807) is 12.1 Å². The van der Waals surface area contributed by atoms with Gasteiger partial charge in [0.25, 0.3) is 0 Å². The van der Waals surface area contributed by atoms with E-state index in [2.05, 4.69) is 36.0 Å². The number of Topliss-reactive ketones (excluding diaryl/α,β-unsaturated/α-hetero) is 1. The molecular formula is C20H27N3O2. The molecule has 25 heavy (non-hydrogen) atoms. The summed E-state index contributed by atoms with van der Waals surface area (Å²) in [5.41, 5.74) is 4.37. The normalized spacial score (nSPS) is 11.3. The molecule has 0 bridgehead atoms. The lowest BCUT2D eigenvalue weighted by Crippen LogP contribution is -2.24. The first-order valence-electron chi connectivity index (χ1n) is 8.43. The van der Waals surface area contributed by atoms with Crippen LogP contribution in [0.5, 0.6) is 0 Å². The molecule has 0 aliphatic heterocycles. The number of nitrogens with zero attached hydrogens (tertiary/aromatic N) is 1. The van der Waals surface area contributed by atoms with Crippen molar-refractivity contribution in [1.82, 2.24) is 4.57 Å². The van der Waals surface area contributed by atoms with E-state index in [9.17, 15) is 9.59 Å². The summed E-state index contributed by atoms with van der Waals surface area (Å²) in [4.78, 5) is 23.6. The Labute approximate surface area is 149 Å². The molecule has 0 fully saturated rings. The molecule has 0 aliphatic rings. The number of aryl methyl sites for hydroxylation is 1. The minimum atomic E-state index is -0.106. The molecule has 0 unspecified atom stereocenters. The van der Waals surface area contributed by atoms with Gasteiger partial charge in [0.1, 0.15) is 0 Å². The Morgan fingerprint density at radius 3 is 2.08 bits per heavy atom. The summed E-state index contributed by atoms with van der Waals surface area (Å²) in [7, 11) is 0. The maximum atomic E-state index is 12.6. The second kappa shape index (κ2) is 7.13. The zero-order chi connectivity index (χ0) is 18.8. The molecule has 1 aromatic heterocycles. The molecule has 0 saturated carbocycles. The van der Waals surface area contributed by atoms with Crippen LogP contribution >= 0.6 is 0 Å². The maximum Gasteiger partial charge on any atom is 0.221 e. The van der Waals surface area contributed by atoms with Crippen molar-refractivity contribution in [2.24, 2.45) is 0 Å². The van der Waals surface area contributed by atoms with E-state index in [4.69, 9.17) is 0 Å². The molecule has 0 spiro atoms. The largest absolute Gasteiger partial charge is 0.378 e. The van der Waals surface area contributed by atoms with Gasteiger partial charge in [-0.3, -0.25) is 9.59 Å². The predicted molar refractivity (Wildman–Crippen MR) is 102 cm³/mol. The van der Waals surface area contributed by atoms with Gasteiger partial charge in [0.15, 0.2) is 5.78 Å². The molecule has 1 heterocycles. The van der Waals surface area contributed by atoms with E-state index in [0.717, 1.165) is 28.3 Å². The third-order valence-electron chi connectivity index (χ3n) is 4.06. The Hall–Kier alpha value is -2.56. The van der Waals surface area contributed by atoms with Crippen LogP contribution in [0.2, 0.25) is 0 Å². The van der Waals surface area contributed by atoms with Gasteiger partial charge in [-0.1, -0.05) is 0 Å². The Morgan fingerprint density at radius 2 is 1.60 bits per heavy atom. The Morgan fingerprint density at radius 1 is 1.04 bits per heavy atom. The SMILES string of the molecule is CC(=O)Nc1ccc(NCC(=O)c2cc(C)n(C(C)(C)C)c2C)cc1. The Balaban J connectivity index is 2.07. The molecule has 134 valence electrons. The number of carbonyl (C=O) groups excluding carboxylic acids is 2. The Kier molecular flexibility index (Phi) is 5.36. The molecule has 5 nitrogen and oxygen atoms in total. The summed E-state index contributed by atoms with van der Waals surface area (Å²) in [6.45, 7) is 12.1. The van der Waals surface area contributed by atoms with Gasteiger partial charge in [-0.25, -0.2) is 0 Å². The van der Waals surface area contributed by atoms with Gasteiger partial charge in [-0.15, -0.1) is 0 Å². The van der Waals surface area contributed by atoms with Gasteiger partial charge < -0.3 is 15.2 Å². The van der Waals surface area contributed by atoms with Gasteiger partial charge in [0, 0.05) is 40.8 Å². The highest BCUT2D eigenvalue weighted by Gasteiger charge is 2.22. The number of hydrogen-bond acceptors (Lipinski definition) is 3. The molecule has 0 radical (unpaired) electrons. The second-order valence-electron chi connectivity index (χ2n) is 7.33. The average Bonchev–Trinajstić information content (AvgIpc) is 2.80. The van der Waals surface area contributed by atoms with Crippen LogP contribution in [-0.2, 0) is 10.3 Å². The number of amides is 1. The summed E-state index contributed by atoms with van der Waals surface area (Å²) in [6.07, 6.45) is 0. The van der Waals surface area contributed by atoms with E-state index in [-0.39, 0.29) is 23.8 Å². The molecule has 1 aromatic carbocycles. The molecule has 2 aromatic rings. The van der Waals surface area contributed by atoms with Crippen LogP contribution in [0.25, 0.3) is 0 Å². The summed E-state index contributed by atoms with van der Waals surface area (Å²) in [5.74, 6) is -0.0420. The quantitative estimate of drug-likeness (QED) is 0.804. The number of nitrogens with one attached hydrogen (secondary N) is 2. The van der Waals surface area contributed by atoms with Gasteiger partial charge in [-0.05, 0) is 65.0 Å². The van der Waals surface area contributed by atoms with Crippen molar-refractivity contribution >= 4 is 23.1 Å². The first-order valence-corrected chi connectivity index (χ1v) is 8.43. The highest BCUT2D eigenvalue weighted by atomic mass is 16.1. The summed E-state index contributed by atoms with van der Waals surface area (Å²) >= 11 is 0. The van der Waals surface area contributed by atoms with Crippen molar-refractivity contribution in [3.05, 3.63) is 47.3 Å². The van der Waals surface area contributed by atoms with E-state index in [1.807, 2.05) is 32.0 Å². The number of aromatic nitrogens is 1. The number of anilines is 2. The van der Waals surface area contributed by atoms with Crippen LogP contribution in [0.4, 0.5) is 11.4 Å². The number of ketones is 1. The maximum absolute atomic E-state index is 12.6. The molecule has 0 atom stereocenters. The lowest BCUT2D eigenvalue weighted by atomic mass is 10.1. The zero-order valence-electron chi connectivity index (χ0n) is 15.9. The van der Waals surface area contributed by atoms with E-state index in [0.29, 0.717) is 0 Å². The summed E-state index contributed by atoms with van der Waals surface area (Å²) < 4.78 is 2.20. The third kappa shape index (κ3) is 4.50. The monoisotopic (exact) mass is 341 g/mol. The number of benzene rings is 1. The van der Waals surface area contributed by atoms with Crippen LogP contribution in [0.15, 0.2) is 30.3 Å². The summed E-state index contributed by atoms with van der Waals surface area (Å²) in [6, 6.07) is 9.26. The fraction of sp³-hybridized carbons (Fsp3) is 0.400. The lowest BCUT2D eigenvalue weighted by molar-refractivity contribution is -0.114. The van der Waals surface area contributed by atoms with Gasteiger partial charge in [0.05, 0.1) is 6.54 Å². The Bertz CT molecular complexity index is 781. The fourth-order valence-electron chi connectivity index (χ4n) is 3.23. The molecule has 2 rings (SSSR count). The molecule has 0 aliphatic carbocycles. The first-order chi connectivity index (χ1) is 11.6. The smallest absolute Gasteiger partial charge is 0.221 e. The number of rotatable bonds is 5. The van der Waals surface area contributed by atoms with Crippen molar-refractivity contribution < 1.29 is 9.59 Å². The fourth-order valence-corrected chi connectivity index (χ4v) is 3.23. The standard InChI is InChI=1S/C20H27N3O2/c1-13-11-18(14(2)23(13)20(4,5)6)19(25)12-21-16-7-9-17(10-8-16)22-15(3)24/h7-11,21H,12H2,1-6H3,(H,22,24). The third-order valence-corrected chi connectivity index (χ3v) is 4.06. The van der Waals surface area contributed by atoms with Crippen LogP contribution < -0.4 is 10.6 Å². The number of hydrogen-bond donors (Lipinski definition) is 2. The van der Waals surface area contributed by atoms with Crippen LogP contribution in [-0.4, -0.2) is 22.8 Å². The van der Waals surface area contributed by atoms with Crippen molar-refractivity contribution in [2.75, 3.05) is 17.2 Å². The van der Waals surface area contributed by atoms with Crippen LogP contribution in [0.3, 0.4) is 0 Å². The van der Waals surface area contributed by atoms with Crippen molar-refractivity contribution in [1.29, 1.82) is 0 Å². The van der Waals surface area contributed by atoms with Crippen molar-refractivity contribution in [3.8, 4) is 0 Å². The predicted octanol–water partition coefficient (Wildman–Crippen LogP) is 4.11. The highest BCUT2D eigenvalue weighted by Crippen LogP contribution is 2.25. The van der Waals surface area contributed by atoms with E-state index in [1.165, 1.54) is 6.92 Å². The zero-order valence-corrected chi connectivity index (χ0v) is 15.9. The molecule has 2 N–H and O–H groups in total. The topological polar surface area (TPSA) is 63.1 Å². The van der Waals surface area contributed by atoms with Gasteiger partial charge in [-0.2, -0.15) is 0 Å². The van der Waals surface area contributed by atoms with Crippen LogP contribution in [0.1, 0.15) is 49.4 Å². The highest BCUT2D eigenvalue weighted by molar-refractivity contribution is 6.00. The first kappa shape index (κ1) is 18.8. The molecule has 5 heteroatoms. The van der Waals surface area contributed by atoms with Gasteiger partial charge in [0.2, 0.25) is 5.91 Å². The summed E-state index contributed by atoms with van der Waals surface area (Å²) in [5, 5.41) is 5.86. The molecule has 1 amide bonds. The van der Waals surface area contributed by atoms with E-state index < -0.39 is 0 Å². The van der Waals surface area contributed by atoms with Gasteiger partial charge >= 0.3 is 0 Å². The van der Waals surface area contributed by atoms with Crippen LogP contribution in [0, 0.1) is 13.8 Å². The lowest BCUT2D eigenvalue weighted by Gasteiger charge is -2.25. The average molecular weight is 341 g/mol. The van der Waals surface area contributed by atoms with Crippen molar-refractivity contribution in [3.63, 3.8) is 0 Å². The van der Waals surface area contributed by atoms with E-state index >= 15 is 0 Å². The second-order valence-corrected chi connectivity index (χ2v) is 7.33. The molecule has 0 saturated heterocycles.